The monoisotopic (exact) mass is 248 g/mol. The van der Waals surface area contributed by atoms with E-state index in [0.717, 1.165) is 25.9 Å². The maximum absolute atomic E-state index is 11.5. The van der Waals surface area contributed by atoms with Gasteiger partial charge < -0.3 is 5.32 Å². The van der Waals surface area contributed by atoms with Crippen LogP contribution in [-0.4, -0.2) is 33.2 Å². The van der Waals surface area contributed by atoms with Crippen LogP contribution in [0.4, 0.5) is 0 Å². The van der Waals surface area contributed by atoms with E-state index in [1.807, 2.05) is 0 Å². The van der Waals surface area contributed by atoms with Crippen molar-refractivity contribution in [3.05, 3.63) is 0 Å². The third-order valence-electron chi connectivity index (χ3n) is 2.62. The second-order valence-electron chi connectivity index (χ2n) is 4.26. The molecule has 1 saturated heterocycles. The Morgan fingerprint density at radius 3 is 2.81 bits per heavy atom. The maximum atomic E-state index is 11.5. The number of nitrogens with one attached hydrogen (secondary N) is 2. The first-order valence-electron chi connectivity index (χ1n) is 5.77. The highest BCUT2D eigenvalue weighted by Crippen LogP contribution is 2.13. The molecule has 0 aromatic carbocycles. The Kier molecular flexibility index (Phi) is 5.21. The molecular formula is C10H20N2O3S. The third-order valence-corrected chi connectivity index (χ3v) is 4.10. The fraction of sp³-hybridized carbons (Fsp3) is 0.900. The Morgan fingerprint density at radius 1 is 1.50 bits per heavy atom. The molecule has 0 radical (unpaired) electrons. The van der Waals surface area contributed by atoms with Crippen molar-refractivity contribution in [1.82, 2.24) is 10.0 Å². The highest BCUT2D eigenvalue weighted by molar-refractivity contribution is 7.90. The lowest BCUT2D eigenvalue weighted by atomic mass is 9.96. The lowest BCUT2D eigenvalue weighted by Gasteiger charge is -2.21. The smallest absolute Gasteiger partial charge is 0.234 e. The summed E-state index contributed by atoms with van der Waals surface area (Å²) in [5, 5.41) is 3.20. The maximum Gasteiger partial charge on any atom is 0.234 e. The molecule has 1 unspecified atom stereocenters. The van der Waals surface area contributed by atoms with Crippen molar-refractivity contribution < 1.29 is 13.2 Å². The molecule has 0 aromatic heterocycles. The molecule has 0 bridgehead atoms. The summed E-state index contributed by atoms with van der Waals surface area (Å²) < 4.78 is 24.8. The minimum atomic E-state index is -3.40. The van der Waals surface area contributed by atoms with Crippen LogP contribution in [0.3, 0.4) is 0 Å². The van der Waals surface area contributed by atoms with E-state index in [-0.39, 0.29) is 17.6 Å². The van der Waals surface area contributed by atoms with E-state index >= 15 is 0 Å². The Bertz CT molecular complexity index is 321. The van der Waals surface area contributed by atoms with Crippen molar-refractivity contribution in [2.45, 2.75) is 32.6 Å². The van der Waals surface area contributed by atoms with Crippen LogP contribution in [0.5, 0.6) is 0 Å². The predicted molar refractivity (Wildman–Crippen MR) is 62.4 cm³/mol. The zero-order valence-electron chi connectivity index (χ0n) is 9.66. The lowest BCUT2D eigenvalue weighted by molar-refractivity contribution is -0.120. The van der Waals surface area contributed by atoms with Crippen molar-refractivity contribution in [1.29, 1.82) is 0 Å². The molecule has 1 aliphatic rings. The lowest BCUT2D eigenvalue weighted by Crippen LogP contribution is -2.37. The molecule has 6 heteroatoms. The number of sulfonamides is 1. The summed E-state index contributed by atoms with van der Waals surface area (Å²) in [5.74, 6) is -0.0884. The second kappa shape index (κ2) is 6.20. The first-order chi connectivity index (χ1) is 7.53. The van der Waals surface area contributed by atoms with Crippen LogP contribution in [0.15, 0.2) is 0 Å². The van der Waals surface area contributed by atoms with Gasteiger partial charge in [0.25, 0.3) is 0 Å². The number of hydrogen-bond donors (Lipinski definition) is 2. The summed E-state index contributed by atoms with van der Waals surface area (Å²) in [6.45, 7) is 3.57. The molecule has 5 nitrogen and oxygen atoms in total. The summed E-state index contributed by atoms with van der Waals surface area (Å²) in [6, 6.07) is 0. The summed E-state index contributed by atoms with van der Waals surface area (Å²) in [5.41, 5.74) is 0. The summed E-state index contributed by atoms with van der Waals surface area (Å²) in [4.78, 5) is 11.5. The molecule has 0 aliphatic carbocycles. The summed E-state index contributed by atoms with van der Waals surface area (Å²) in [7, 11) is -3.40. The molecule has 1 aliphatic heterocycles. The van der Waals surface area contributed by atoms with Gasteiger partial charge in [-0.15, -0.1) is 0 Å². The van der Waals surface area contributed by atoms with Crippen LogP contribution in [-0.2, 0) is 14.8 Å². The zero-order valence-corrected chi connectivity index (χ0v) is 10.5. The predicted octanol–water partition coefficient (Wildman–Crippen LogP) is 0.232. The van der Waals surface area contributed by atoms with Crippen LogP contribution < -0.4 is 10.0 Å². The van der Waals surface area contributed by atoms with Crippen LogP contribution >= 0.6 is 0 Å². The van der Waals surface area contributed by atoms with E-state index in [1.165, 1.54) is 0 Å². The molecule has 2 N–H and O–H groups in total. The molecule has 94 valence electrons. The van der Waals surface area contributed by atoms with Gasteiger partial charge in [-0.1, -0.05) is 6.92 Å². The minimum Gasteiger partial charge on any atom is -0.316 e. The molecule has 0 saturated carbocycles. The molecule has 1 amide bonds. The van der Waals surface area contributed by atoms with E-state index in [4.69, 9.17) is 0 Å². The van der Waals surface area contributed by atoms with E-state index in [9.17, 15) is 13.2 Å². The number of carbonyl (C=O) groups excluding carboxylic acids is 1. The number of hydrogen-bond acceptors (Lipinski definition) is 4. The SMILES string of the molecule is CCCS(=O)(=O)NC(=O)CC1CCCNC1. The average Bonchev–Trinajstić information content (AvgIpc) is 2.17. The van der Waals surface area contributed by atoms with Gasteiger partial charge in [-0.05, 0) is 38.3 Å². The van der Waals surface area contributed by atoms with E-state index in [0.29, 0.717) is 12.8 Å². The average molecular weight is 248 g/mol. The normalized spacial score (nSPS) is 21.7. The fourth-order valence-electron chi connectivity index (χ4n) is 1.90. The Hall–Kier alpha value is -0.620. The fourth-order valence-corrected chi connectivity index (χ4v) is 2.97. The van der Waals surface area contributed by atoms with Gasteiger partial charge in [-0.25, -0.2) is 8.42 Å². The topological polar surface area (TPSA) is 75.3 Å². The Morgan fingerprint density at radius 2 is 2.25 bits per heavy atom. The van der Waals surface area contributed by atoms with Crippen molar-refractivity contribution >= 4 is 15.9 Å². The summed E-state index contributed by atoms with van der Waals surface area (Å²) in [6.07, 6.45) is 2.87. The largest absolute Gasteiger partial charge is 0.316 e. The second-order valence-corrected chi connectivity index (χ2v) is 6.10. The molecule has 0 spiro atoms. The molecule has 16 heavy (non-hydrogen) atoms. The molecule has 1 rings (SSSR count). The highest BCUT2D eigenvalue weighted by Gasteiger charge is 2.19. The van der Waals surface area contributed by atoms with E-state index in [2.05, 4.69) is 10.0 Å². The van der Waals surface area contributed by atoms with Gasteiger partial charge in [-0.3, -0.25) is 9.52 Å². The van der Waals surface area contributed by atoms with Gasteiger partial charge >= 0.3 is 0 Å². The molecule has 1 fully saturated rings. The number of rotatable bonds is 5. The van der Waals surface area contributed by atoms with Crippen LogP contribution in [0, 0.1) is 5.92 Å². The van der Waals surface area contributed by atoms with Crippen molar-refractivity contribution in [3.63, 3.8) is 0 Å². The molecule has 1 atom stereocenters. The van der Waals surface area contributed by atoms with Gasteiger partial charge in [-0.2, -0.15) is 0 Å². The standard InChI is InChI=1S/C10H20N2O3S/c1-2-6-16(14,15)12-10(13)7-9-4-3-5-11-8-9/h9,11H,2-8H2,1H3,(H,12,13). The zero-order chi connectivity index (χ0) is 12.0. The minimum absolute atomic E-state index is 0.0155. The van der Waals surface area contributed by atoms with Crippen LogP contribution in [0.1, 0.15) is 32.6 Å². The number of carbonyl (C=O) groups is 1. The highest BCUT2D eigenvalue weighted by atomic mass is 32.2. The summed E-state index contributed by atoms with van der Waals surface area (Å²) >= 11 is 0. The third kappa shape index (κ3) is 4.94. The molecular weight excluding hydrogens is 228 g/mol. The van der Waals surface area contributed by atoms with Gasteiger partial charge in [0.1, 0.15) is 0 Å². The van der Waals surface area contributed by atoms with E-state index < -0.39 is 10.0 Å². The molecule has 0 aromatic rings. The quantitative estimate of drug-likeness (QED) is 0.730. The number of piperidine rings is 1. The Balaban J connectivity index is 2.34. The van der Waals surface area contributed by atoms with Crippen LogP contribution in [0.25, 0.3) is 0 Å². The van der Waals surface area contributed by atoms with Gasteiger partial charge in [0, 0.05) is 6.42 Å². The van der Waals surface area contributed by atoms with E-state index in [1.54, 1.807) is 6.92 Å². The van der Waals surface area contributed by atoms with Crippen LogP contribution in [0.2, 0.25) is 0 Å². The Labute approximate surface area is 97.0 Å². The van der Waals surface area contributed by atoms with Gasteiger partial charge in [0.15, 0.2) is 0 Å². The molecule has 1 heterocycles. The number of amides is 1. The van der Waals surface area contributed by atoms with Crippen molar-refractivity contribution in [3.8, 4) is 0 Å². The first kappa shape index (κ1) is 13.4. The van der Waals surface area contributed by atoms with Gasteiger partial charge in [0.05, 0.1) is 5.75 Å². The first-order valence-corrected chi connectivity index (χ1v) is 7.43. The van der Waals surface area contributed by atoms with Crippen molar-refractivity contribution in [2.75, 3.05) is 18.8 Å². The van der Waals surface area contributed by atoms with Gasteiger partial charge in [0.2, 0.25) is 15.9 Å². The van der Waals surface area contributed by atoms with Crippen molar-refractivity contribution in [2.24, 2.45) is 5.92 Å².